The maximum absolute atomic E-state index is 6.37. The molecule has 0 bridgehead atoms. The number of rotatable bonds is 3. The summed E-state index contributed by atoms with van der Waals surface area (Å²) in [6.07, 6.45) is 1.91. The fourth-order valence-corrected chi connectivity index (χ4v) is 7.31. The zero-order chi connectivity index (χ0) is 32.9. The van der Waals surface area contributed by atoms with E-state index in [-0.39, 0.29) is 0 Å². The van der Waals surface area contributed by atoms with Gasteiger partial charge in [0.05, 0.1) is 22.9 Å². The molecule has 0 amide bonds. The van der Waals surface area contributed by atoms with E-state index < -0.39 is 0 Å². The van der Waals surface area contributed by atoms with Crippen molar-refractivity contribution in [3.05, 3.63) is 158 Å². The fraction of sp³-hybridized carbons (Fsp3) is 0.0435. The van der Waals surface area contributed by atoms with Gasteiger partial charge in [0.15, 0.2) is 0 Å². The van der Waals surface area contributed by atoms with Crippen molar-refractivity contribution in [1.29, 1.82) is 0 Å². The van der Waals surface area contributed by atoms with Crippen LogP contribution in [0.4, 0.5) is 0 Å². The van der Waals surface area contributed by atoms with Gasteiger partial charge in [-0.3, -0.25) is 4.98 Å². The third-order valence-electron chi connectivity index (χ3n) is 9.48. The van der Waals surface area contributed by atoms with Crippen molar-refractivity contribution in [3.63, 3.8) is 0 Å². The second kappa shape index (κ2) is 11.7. The summed E-state index contributed by atoms with van der Waals surface area (Å²) in [6, 6.07) is 53.5. The van der Waals surface area contributed by atoms with Crippen LogP contribution in [0.1, 0.15) is 13.8 Å². The highest BCUT2D eigenvalue weighted by Gasteiger charge is 2.16. The van der Waals surface area contributed by atoms with E-state index in [1.165, 1.54) is 21.5 Å². The Hall–Kier alpha value is -6.32. The second-order valence-electron chi connectivity index (χ2n) is 12.1. The Kier molecular flexibility index (Phi) is 6.91. The van der Waals surface area contributed by atoms with Crippen molar-refractivity contribution in [2.45, 2.75) is 13.8 Å². The molecule has 0 aliphatic carbocycles. The quantitative estimate of drug-likeness (QED) is 0.183. The average Bonchev–Trinajstić information content (AvgIpc) is 3.58. The van der Waals surface area contributed by atoms with Crippen molar-refractivity contribution in [2.75, 3.05) is 0 Å². The lowest BCUT2D eigenvalue weighted by molar-refractivity contribution is 0.669. The largest absolute Gasteiger partial charge is 0.456 e. The number of furan rings is 1. The number of nitrogens with zero attached hydrogens (tertiary/aromatic N) is 2. The maximum atomic E-state index is 6.37. The summed E-state index contributed by atoms with van der Waals surface area (Å²) in [5.41, 5.74) is 10.1. The molecule has 0 spiro atoms. The molecule has 0 saturated heterocycles. The lowest BCUT2D eigenvalue weighted by Crippen LogP contribution is -1.92. The molecule has 3 nitrogen and oxygen atoms in total. The molecule has 0 radical (unpaired) electrons. The van der Waals surface area contributed by atoms with Crippen LogP contribution in [0.25, 0.3) is 98.8 Å². The highest BCUT2D eigenvalue weighted by molar-refractivity contribution is 6.24. The van der Waals surface area contributed by atoms with Gasteiger partial charge in [0.2, 0.25) is 0 Å². The van der Waals surface area contributed by atoms with Gasteiger partial charge in [0.25, 0.3) is 0 Å². The van der Waals surface area contributed by atoms with E-state index in [0.717, 1.165) is 77.3 Å². The summed E-state index contributed by atoms with van der Waals surface area (Å²) in [4.78, 5) is 10.2. The first-order valence-corrected chi connectivity index (χ1v) is 16.9. The first kappa shape index (κ1) is 28.9. The molecule has 0 N–H and O–H groups in total. The zero-order valence-electron chi connectivity index (χ0n) is 27.3. The van der Waals surface area contributed by atoms with Crippen LogP contribution in [0, 0.1) is 0 Å². The molecule has 0 aliphatic rings. The minimum Gasteiger partial charge on any atom is -0.456 e. The predicted molar refractivity (Wildman–Crippen MR) is 207 cm³/mol. The molecule has 49 heavy (non-hydrogen) atoms. The Bertz CT molecular complexity index is 2830. The van der Waals surface area contributed by atoms with Crippen molar-refractivity contribution in [3.8, 4) is 33.5 Å². The first-order valence-electron chi connectivity index (χ1n) is 16.9. The van der Waals surface area contributed by atoms with Crippen molar-refractivity contribution in [1.82, 2.24) is 9.97 Å². The van der Waals surface area contributed by atoms with Crippen molar-refractivity contribution < 1.29 is 4.42 Å². The molecule has 2 heterocycles. The normalized spacial score (nSPS) is 11.5. The van der Waals surface area contributed by atoms with Gasteiger partial charge in [0, 0.05) is 27.1 Å². The first-order chi connectivity index (χ1) is 24.3. The highest BCUT2D eigenvalue weighted by atomic mass is 16.3. The van der Waals surface area contributed by atoms with Gasteiger partial charge in [0.1, 0.15) is 11.2 Å². The van der Waals surface area contributed by atoms with E-state index in [4.69, 9.17) is 14.4 Å². The van der Waals surface area contributed by atoms with Crippen LogP contribution in [0.15, 0.2) is 162 Å². The predicted octanol–water partition coefficient (Wildman–Crippen LogP) is 13.0. The second-order valence-corrected chi connectivity index (χ2v) is 12.1. The van der Waals surface area contributed by atoms with Crippen LogP contribution in [-0.4, -0.2) is 9.97 Å². The van der Waals surface area contributed by atoms with Gasteiger partial charge in [-0.15, -0.1) is 0 Å². The van der Waals surface area contributed by atoms with Crippen LogP contribution < -0.4 is 0 Å². The summed E-state index contributed by atoms with van der Waals surface area (Å²) in [6.45, 7) is 4.00. The smallest absolute Gasteiger partial charge is 0.136 e. The number of fused-ring (bicyclic) bond motifs is 11. The van der Waals surface area contributed by atoms with Crippen LogP contribution in [0.2, 0.25) is 0 Å². The third kappa shape index (κ3) is 4.66. The topological polar surface area (TPSA) is 38.9 Å². The molecule has 232 valence electrons. The van der Waals surface area contributed by atoms with Gasteiger partial charge >= 0.3 is 0 Å². The van der Waals surface area contributed by atoms with Gasteiger partial charge in [-0.25, -0.2) is 4.98 Å². The van der Waals surface area contributed by atoms with E-state index in [0.29, 0.717) is 0 Å². The van der Waals surface area contributed by atoms with E-state index in [1.54, 1.807) is 0 Å². The molecule has 0 fully saturated rings. The Balaban J connectivity index is 0.00000160. The molecule has 10 rings (SSSR count). The SMILES string of the molecule is CC.c1cc(-c2cccc(-c3cccc4oc5ccc6ccccc6c5c34)c2)cc(-c2cnc3c4ccccc4c4ccccc4c3n2)c1. The monoisotopic (exact) mass is 628 g/mol. The number of aromatic nitrogens is 2. The van der Waals surface area contributed by atoms with Crippen LogP contribution in [0.3, 0.4) is 0 Å². The molecule has 0 atom stereocenters. The number of benzene rings is 8. The van der Waals surface area contributed by atoms with E-state index in [2.05, 4.69) is 152 Å². The lowest BCUT2D eigenvalue weighted by Gasteiger charge is -2.11. The van der Waals surface area contributed by atoms with Gasteiger partial charge in [-0.2, -0.15) is 0 Å². The fourth-order valence-electron chi connectivity index (χ4n) is 7.31. The van der Waals surface area contributed by atoms with Crippen LogP contribution in [-0.2, 0) is 0 Å². The number of hydrogen-bond donors (Lipinski definition) is 0. The van der Waals surface area contributed by atoms with Gasteiger partial charge in [-0.1, -0.05) is 141 Å². The maximum Gasteiger partial charge on any atom is 0.136 e. The summed E-state index contributed by atoms with van der Waals surface area (Å²) in [7, 11) is 0. The summed E-state index contributed by atoms with van der Waals surface area (Å²) in [5, 5.41) is 9.37. The van der Waals surface area contributed by atoms with Crippen LogP contribution >= 0.6 is 0 Å². The molecule has 3 heteroatoms. The standard InChI is InChI=1S/C44H26N2O.C2H6/c1-2-15-32-27(10-1)22-23-40-41(32)42-33(20-9-21-39(42)47-40)30-13-7-11-28(24-30)29-12-8-14-31(25-29)38-26-45-43-36-18-5-3-16-34(36)35-17-4-6-19-37(35)44(43)46-38;1-2/h1-26H;1-2H3. The molecular formula is C46H32N2O. The van der Waals surface area contributed by atoms with Crippen molar-refractivity contribution >= 4 is 65.3 Å². The Morgan fingerprint density at radius 1 is 0.429 bits per heavy atom. The minimum absolute atomic E-state index is 0.859. The third-order valence-corrected chi connectivity index (χ3v) is 9.48. The van der Waals surface area contributed by atoms with E-state index in [9.17, 15) is 0 Å². The summed E-state index contributed by atoms with van der Waals surface area (Å²) < 4.78 is 6.37. The van der Waals surface area contributed by atoms with E-state index in [1.807, 2.05) is 20.0 Å². The Labute approximate surface area is 284 Å². The van der Waals surface area contributed by atoms with Gasteiger partial charge < -0.3 is 4.42 Å². The van der Waals surface area contributed by atoms with Crippen LogP contribution in [0.5, 0.6) is 0 Å². The number of hydrogen-bond acceptors (Lipinski definition) is 3. The lowest BCUT2D eigenvalue weighted by atomic mass is 9.94. The molecule has 8 aromatic carbocycles. The molecule has 0 saturated carbocycles. The molecule has 0 aliphatic heterocycles. The molecule has 10 aromatic rings. The molecule has 2 aromatic heterocycles. The Morgan fingerprint density at radius 3 is 1.76 bits per heavy atom. The minimum atomic E-state index is 0.859. The van der Waals surface area contributed by atoms with Crippen molar-refractivity contribution in [2.24, 2.45) is 0 Å². The molecular weight excluding hydrogens is 597 g/mol. The highest BCUT2D eigenvalue weighted by Crippen LogP contribution is 2.41. The summed E-state index contributed by atoms with van der Waals surface area (Å²) >= 11 is 0. The Morgan fingerprint density at radius 2 is 1.00 bits per heavy atom. The summed E-state index contributed by atoms with van der Waals surface area (Å²) in [5.74, 6) is 0. The van der Waals surface area contributed by atoms with E-state index >= 15 is 0 Å². The zero-order valence-corrected chi connectivity index (χ0v) is 27.3. The average molecular weight is 629 g/mol. The van der Waals surface area contributed by atoms with Gasteiger partial charge in [-0.05, 0) is 68.1 Å². The molecule has 0 unspecified atom stereocenters.